The minimum absolute atomic E-state index is 0.215. The van der Waals surface area contributed by atoms with Crippen molar-refractivity contribution in [2.45, 2.75) is 6.92 Å². The molecule has 0 radical (unpaired) electrons. The third kappa shape index (κ3) is 6.39. The number of aromatic nitrogens is 3. The van der Waals surface area contributed by atoms with Crippen LogP contribution in [0.1, 0.15) is 11.1 Å². The number of hydrogen-bond donors (Lipinski definition) is 3. The summed E-state index contributed by atoms with van der Waals surface area (Å²) < 4.78 is 5.13. The lowest BCUT2D eigenvalue weighted by Crippen LogP contribution is -2.07. The van der Waals surface area contributed by atoms with E-state index in [2.05, 4.69) is 30.9 Å². The Morgan fingerprint density at radius 3 is 2.21 bits per heavy atom. The van der Waals surface area contributed by atoms with E-state index in [4.69, 9.17) is 4.74 Å². The molecule has 0 aliphatic heterocycles. The first-order valence-electron chi connectivity index (χ1n) is 10.6. The van der Waals surface area contributed by atoms with Crippen molar-refractivity contribution in [3.63, 3.8) is 0 Å². The topological polar surface area (TPSA) is 101 Å². The van der Waals surface area contributed by atoms with Crippen LogP contribution in [-0.4, -0.2) is 28.0 Å². The largest absolute Gasteiger partial charge is 0.497 e. The Hall–Kier alpha value is -4.72. The minimum atomic E-state index is -0.215. The van der Waals surface area contributed by atoms with Gasteiger partial charge in [-0.25, -0.2) is 15.0 Å². The Balaban J connectivity index is 1.33. The molecule has 2 aromatic heterocycles. The number of nitrogens with zero attached hydrogens (tertiary/aromatic N) is 3. The molecule has 4 aromatic rings. The highest BCUT2D eigenvalue weighted by Gasteiger charge is 2.03. The van der Waals surface area contributed by atoms with E-state index in [0.29, 0.717) is 23.1 Å². The van der Waals surface area contributed by atoms with Gasteiger partial charge >= 0.3 is 0 Å². The fraction of sp³-hybridized carbons (Fsp3) is 0.0769. The summed E-state index contributed by atoms with van der Waals surface area (Å²) >= 11 is 0. The van der Waals surface area contributed by atoms with Gasteiger partial charge in [0.1, 0.15) is 29.5 Å². The number of pyridine rings is 1. The van der Waals surface area contributed by atoms with Crippen LogP contribution in [0.3, 0.4) is 0 Å². The zero-order chi connectivity index (χ0) is 23.8. The number of hydrogen-bond acceptors (Lipinski definition) is 7. The number of carbonyl (C=O) groups is 1. The monoisotopic (exact) mass is 452 g/mol. The molecule has 170 valence electrons. The highest BCUT2D eigenvalue weighted by molar-refractivity contribution is 6.02. The normalized spacial score (nSPS) is 10.6. The Kier molecular flexibility index (Phi) is 7.09. The van der Waals surface area contributed by atoms with E-state index in [-0.39, 0.29) is 5.91 Å². The van der Waals surface area contributed by atoms with E-state index < -0.39 is 0 Å². The highest BCUT2D eigenvalue weighted by atomic mass is 16.5. The van der Waals surface area contributed by atoms with E-state index in [1.165, 1.54) is 12.4 Å². The van der Waals surface area contributed by atoms with Crippen LogP contribution in [-0.2, 0) is 4.79 Å². The molecule has 0 saturated heterocycles. The third-order valence-corrected chi connectivity index (χ3v) is 4.81. The molecule has 3 N–H and O–H groups in total. The molecule has 4 rings (SSSR count). The van der Waals surface area contributed by atoms with E-state index in [0.717, 1.165) is 22.6 Å². The molecule has 8 nitrogen and oxygen atoms in total. The molecule has 0 aliphatic carbocycles. The van der Waals surface area contributed by atoms with Crippen LogP contribution in [0.4, 0.5) is 28.8 Å². The lowest BCUT2D eigenvalue weighted by atomic mass is 10.2. The summed E-state index contributed by atoms with van der Waals surface area (Å²) in [4.78, 5) is 25.0. The van der Waals surface area contributed by atoms with Crippen molar-refractivity contribution in [2.24, 2.45) is 0 Å². The SMILES string of the molecule is COc1ccc(/C=C/C(=O)Nc2ccc(Nc3cc(Nc4cc(C)ccn4)ncn3)cc2)cc1. The zero-order valence-electron chi connectivity index (χ0n) is 18.8. The fourth-order valence-electron chi connectivity index (χ4n) is 3.09. The molecular formula is C26H24N6O2. The molecule has 0 spiro atoms. The maximum atomic E-state index is 12.2. The van der Waals surface area contributed by atoms with E-state index in [9.17, 15) is 4.79 Å². The fourth-order valence-corrected chi connectivity index (χ4v) is 3.09. The van der Waals surface area contributed by atoms with Gasteiger partial charge in [-0.1, -0.05) is 12.1 Å². The van der Waals surface area contributed by atoms with Gasteiger partial charge < -0.3 is 20.7 Å². The average molecular weight is 453 g/mol. The Morgan fingerprint density at radius 2 is 1.50 bits per heavy atom. The van der Waals surface area contributed by atoms with E-state index >= 15 is 0 Å². The summed E-state index contributed by atoms with van der Waals surface area (Å²) in [7, 11) is 1.62. The van der Waals surface area contributed by atoms with Gasteiger partial charge in [0.25, 0.3) is 0 Å². The van der Waals surface area contributed by atoms with Crippen molar-refractivity contribution in [1.82, 2.24) is 15.0 Å². The number of nitrogens with one attached hydrogen (secondary N) is 3. The van der Waals surface area contributed by atoms with E-state index in [1.807, 2.05) is 67.6 Å². The first-order chi connectivity index (χ1) is 16.6. The minimum Gasteiger partial charge on any atom is -0.497 e. The molecule has 2 heterocycles. The number of ether oxygens (including phenoxy) is 1. The number of aryl methyl sites for hydroxylation is 1. The van der Waals surface area contributed by atoms with Crippen LogP contribution in [0.2, 0.25) is 0 Å². The van der Waals surface area contributed by atoms with Crippen LogP contribution in [0.15, 0.2) is 85.3 Å². The number of carbonyl (C=O) groups excluding carboxylic acids is 1. The summed E-state index contributed by atoms with van der Waals surface area (Å²) in [5.74, 6) is 2.53. The second-order valence-electron chi connectivity index (χ2n) is 7.43. The standard InChI is InChI=1S/C26H24N6O2/c1-18-13-14-27-23(15-18)32-25-16-24(28-17-29-25)30-20-6-8-21(9-7-20)31-26(33)12-5-19-3-10-22(34-2)11-4-19/h3-17H,1-2H3,(H,31,33)(H2,27,28,29,30,32)/b12-5+. The van der Waals surface area contributed by atoms with Crippen LogP contribution < -0.4 is 20.7 Å². The predicted molar refractivity (Wildman–Crippen MR) is 135 cm³/mol. The van der Waals surface area contributed by atoms with Crippen LogP contribution in [0.25, 0.3) is 6.08 Å². The molecule has 1 amide bonds. The zero-order valence-corrected chi connectivity index (χ0v) is 18.8. The van der Waals surface area contributed by atoms with Gasteiger partial charge in [0, 0.05) is 29.7 Å². The van der Waals surface area contributed by atoms with Gasteiger partial charge in [0.2, 0.25) is 5.91 Å². The molecule has 2 aromatic carbocycles. The lowest BCUT2D eigenvalue weighted by Gasteiger charge is -2.09. The maximum absolute atomic E-state index is 12.2. The number of methoxy groups -OCH3 is 1. The number of anilines is 5. The van der Waals surface area contributed by atoms with Crippen molar-refractivity contribution in [1.29, 1.82) is 0 Å². The predicted octanol–water partition coefficient (Wildman–Crippen LogP) is 5.33. The van der Waals surface area contributed by atoms with Gasteiger partial charge in [0.15, 0.2) is 0 Å². The maximum Gasteiger partial charge on any atom is 0.248 e. The second-order valence-corrected chi connectivity index (χ2v) is 7.43. The summed E-state index contributed by atoms with van der Waals surface area (Å²) in [5.41, 5.74) is 3.52. The second kappa shape index (κ2) is 10.7. The molecule has 34 heavy (non-hydrogen) atoms. The average Bonchev–Trinajstić information content (AvgIpc) is 2.84. The number of amides is 1. The number of rotatable bonds is 8. The van der Waals surface area contributed by atoms with Crippen LogP contribution >= 0.6 is 0 Å². The van der Waals surface area contributed by atoms with Crippen LogP contribution in [0, 0.1) is 6.92 Å². The van der Waals surface area contributed by atoms with Gasteiger partial charge in [0.05, 0.1) is 7.11 Å². The molecular weight excluding hydrogens is 428 g/mol. The van der Waals surface area contributed by atoms with Crippen molar-refractivity contribution >= 4 is 40.8 Å². The van der Waals surface area contributed by atoms with Gasteiger partial charge in [-0.3, -0.25) is 4.79 Å². The smallest absolute Gasteiger partial charge is 0.248 e. The summed E-state index contributed by atoms with van der Waals surface area (Å²) in [6, 6.07) is 20.5. The van der Waals surface area contributed by atoms with Gasteiger partial charge in [-0.05, 0) is 72.7 Å². The van der Waals surface area contributed by atoms with Gasteiger partial charge in [-0.2, -0.15) is 0 Å². The van der Waals surface area contributed by atoms with Crippen molar-refractivity contribution in [3.05, 3.63) is 96.5 Å². The summed E-state index contributed by atoms with van der Waals surface area (Å²) in [6.45, 7) is 2.00. The summed E-state index contributed by atoms with van der Waals surface area (Å²) in [5, 5.41) is 9.24. The molecule has 8 heteroatoms. The summed E-state index contributed by atoms with van der Waals surface area (Å²) in [6.07, 6.45) is 6.46. The van der Waals surface area contributed by atoms with E-state index in [1.54, 1.807) is 25.4 Å². The highest BCUT2D eigenvalue weighted by Crippen LogP contribution is 2.20. The quantitative estimate of drug-likeness (QED) is 0.311. The van der Waals surface area contributed by atoms with Crippen molar-refractivity contribution in [3.8, 4) is 5.75 Å². The molecule has 0 saturated carbocycles. The Bertz CT molecular complexity index is 1290. The lowest BCUT2D eigenvalue weighted by molar-refractivity contribution is -0.111. The molecule has 0 unspecified atom stereocenters. The molecule has 0 fully saturated rings. The Morgan fingerprint density at radius 1 is 0.824 bits per heavy atom. The van der Waals surface area contributed by atoms with Crippen molar-refractivity contribution in [2.75, 3.05) is 23.1 Å². The number of benzene rings is 2. The molecule has 0 atom stereocenters. The first-order valence-corrected chi connectivity index (χ1v) is 10.6. The van der Waals surface area contributed by atoms with Gasteiger partial charge in [-0.15, -0.1) is 0 Å². The Labute approximate surface area is 197 Å². The van der Waals surface area contributed by atoms with Crippen LogP contribution in [0.5, 0.6) is 5.75 Å². The third-order valence-electron chi connectivity index (χ3n) is 4.81. The molecule has 0 bridgehead atoms. The van der Waals surface area contributed by atoms with Crippen molar-refractivity contribution < 1.29 is 9.53 Å². The molecule has 0 aliphatic rings. The first kappa shape index (κ1) is 22.5.